The summed E-state index contributed by atoms with van der Waals surface area (Å²) < 4.78 is 0. The summed E-state index contributed by atoms with van der Waals surface area (Å²) in [7, 11) is 0. The second kappa shape index (κ2) is 8.55. The van der Waals surface area contributed by atoms with Crippen LogP contribution >= 0.6 is 0 Å². The van der Waals surface area contributed by atoms with Gasteiger partial charge in [-0.2, -0.15) is 5.10 Å². The number of rotatable bonds is 10. The third-order valence-electron chi connectivity index (χ3n) is 7.00. The minimum atomic E-state index is -0.0245. The molecule has 0 heterocycles. The predicted octanol–water partition coefficient (Wildman–Crippen LogP) is 5.18. The maximum atomic E-state index is 7.45. The molecule has 0 aromatic heterocycles. The third kappa shape index (κ3) is 4.57. The number of nitrogens with zero attached hydrogens (tertiary/aromatic N) is 1. The Morgan fingerprint density at radius 2 is 1.64 bits per heavy atom. The van der Waals surface area contributed by atoms with E-state index in [9.17, 15) is 0 Å². The van der Waals surface area contributed by atoms with Gasteiger partial charge in [0.25, 0.3) is 0 Å². The molecular formula is C21H38N4. The zero-order chi connectivity index (χ0) is 17.7. The van der Waals surface area contributed by atoms with Crippen molar-refractivity contribution in [1.82, 2.24) is 5.43 Å². The van der Waals surface area contributed by atoms with E-state index in [1.165, 1.54) is 95.6 Å². The molecule has 4 rings (SSSR count). The lowest BCUT2D eigenvalue weighted by molar-refractivity contribution is 0.0397. The molecule has 142 valence electrons. The summed E-state index contributed by atoms with van der Waals surface area (Å²) in [5.41, 5.74) is 9.98. The fourth-order valence-electron chi connectivity index (χ4n) is 6.21. The van der Waals surface area contributed by atoms with Gasteiger partial charge in [-0.05, 0) is 50.4 Å². The van der Waals surface area contributed by atoms with E-state index in [1.807, 2.05) is 0 Å². The molecule has 4 aliphatic rings. The van der Waals surface area contributed by atoms with E-state index >= 15 is 0 Å². The minimum absolute atomic E-state index is 0.0245. The van der Waals surface area contributed by atoms with Gasteiger partial charge in [0.15, 0.2) is 0 Å². The Labute approximate surface area is 153 Å². The van der Waals surface area contributed by atoms with Gasteiger partial charge in [0.2, 0.25) is 5.96 Å². The van der Waals surface area contributed by atoms with E-state index in [2.05, 4.69) is 17.5 Å². The number of hydrogen-bond acceptors (Lipinski definition) is 2. The van der Waals surface area contributed by atoms with Crippen LogP contribution in [0.3, 0.4) is 0 Å². The van der Waals surface area contributed by atoms with Crippen LogP contribution in [-0.2, 0) is 0 Å². The van der Waals surface area contributed by atoms with Gasteiger partial charge in [0.05, 0.1) is 0 Å². The lowest BCUT2D eigenvalue weighted by atomic mass is 9.47. The minimum Gasteiger partial charge on any atom is -0.369 e. The second-order valence-electron chi connectivity index (χ2n) is 9.07. The first kappa shape index (κ1) is 18.7. The van der Waals surface area contributed by atoms with E-state index in [0.717, 1.165) is 11.8 Å². The number of nitrogens with two attached hydrogens (primary N) is 1. The highest BCUT2D eigenvalue weighted by molar-refractivity contribution is 5.95. The van der Waals surface area contributed by atoms with E-state index in [4.69, 9.17) is 11.1 Å². The molecular weight excluding hydrogens is 308 g/mol. The highest BCUT2D eigenvalue weighted by atomic mass is 15.3. The van der Waals surface area contributed by atoms with Gasteiger partial charge in [0.1, 0.15) is 0 Å². The second-order valence-corrected chi connectivity index (χ2v) is 9.07. The van der Waals surface area contributed by atoms with Crippen molar-refractivity contribution in [3.63, 3.8) is 0 Å². The van der Waals surface area contributed by atoms with Crippen LogP contribution < -0.4 is 11.2 Å². The van der Waals surface area contributed by atoms with Crippen molar-refractivity contribution in [2.24, 2.45) is 34.0 Å². The van der Waals surface area contributed by atoms with Crippen molar-refractivity contribution in [3.8, 4) is 0 Å². The Morgan fingerprint density at radius 1 is 1.04 bits per heavy atom. The molecule has 0 aromatic carbocycles. The zero-order valence-electron chi connectivity index (χ0n) is 16.2. The van der Waals surface area contributed by atoms with Gasteiger partial charge < -0.3 is 5.73 Å². The normalized spacial score (nSPS) is 34.6. The first-order valence-electron chi connectivity index (χ1n) is 10.8. The van der Waals surface area contributed by atoms with Gasteiger partial charge in [0, 0.05) is 17.0 Å². The number of nitrogens with one attached hydrogen (secondary N) is 2. The van der Waals surface area contributed by atoms with E-state index in [1.54, 1.807) is 0 Å². The number of unbranched alkanes of at least 4 members (excludes halogenated alkanes) is 7. The Hall–Kier alpha value is -1.06. The first-order chi connectivity index (χ1) is 12.1. The van der Waals surface area contributed by atoms with Crippen molar-refractivity contribution >= 4 is 11.7 Å². The molecule has 0 saturated heterocycles. The molecule has 4 nitrogen and oxygen atoms in total. The van der Waals surface area contributed by atoms with Crippen molar-refractivity contribution in [2.75, 3.05) is 0 Å². The van der Waals surface area contributed by atoms with Crippen molar-refractivity contribution in [1.29, 1.82) is 5.41 Å². The average Bonchev–Trinajstić information content (AvgIpc) is 2.56. The topological polar surface area (TPSA) is 74.3 Å². The molecule has 4 heteroatoms. The Balaban J connectivity index is 1.51. The van der Waals surface area contributed by atoms with Crippen molar-refractivity contribution in [2.45, 2.75) is 96.8 Å². The molecule has 0 amide bonds. The number of hydrogen-bond donors (Lipinski definition) is 3. The fraction of sp³-hybridized carbons (Fsp3) is 0.905. The zero-order valence-corrected chi connectivity index (χ0v) is 16.2. The van der Waals surface area contributed by atoms with Gasteiger partial charge in [-0.25, -0.2) is 5.43 Å². The van der Waals surface area contributed by atoms with Crippen molar-refractivity contribution < 1.29 is 0 Å². The highest BCUT2D eigenvalue weighted by Crippen LogP contribution is 2.60. The van der Waals surface area contributed by atoms with E-state index in [-0.39, 0.29) is 5.96 Å². The largest absolute Gasteiger partial charge is 0.369 e. The molecule has 0 aliphatic heterocycles. The van der Waals surface area contributed by atoms with Crippen LogP contribution in [0.5, 0.6) is 0 Å². The summed E-state index contributed by atoms with van der Waals surface area (Å²) in [6.45, 7) is 2.28. The average molecular weight is 347 g/mol. The maximum absolute atomic E-state index is 7.45. The molecule has 4 fully saturated rings. The van der Waals surface area contributed by atoms with Crippen LogP contribution in [0, 0.1) is 28.6 Å². The summed E-state index contributed by atoms with van der Waals surface area (Å²) in [4.78, 5) is 0. The Morgan fingerprint density at radius 3 is 2.24 bits per heavy atom. The molecule has 2 atom stereocenters. The fourth-order valence-corrected chi connectivity index (χ4v) is 6.21. The van der Waals surface area contributed by atoms with Crippen LogP contribution in [0.1, 0.15) is 96.8 Å². The summed E-state index contributed by atoms with van der Waals surface area (Å²) in [6, 6.07) is 0. The molecule has 0 spiro atoms. The summed E-state index contributed by atoms with van der Waals surface area (Å²) in [5.74, 6) is 2.50. The van der Waals surface area contributed by atoms with Crippen molar-refractivity contribution in [3.05, 3.63) is 0 Å². The maximum Gasteiger partial charge on any atom is 0.206 e. The lowest BCUT2D eigenvalue weighted by Crippen LogP contribution is -2.54. The molecule has 4 saturated carbocycles. The quantitative estimate of drug-likeness (QED) is 0.220. The molecule has 4 bridgehead atoms. The third-order valence-corrected chi connectivity index (χ3v) is 7.00. The molecule has 0 radical (unpaired) electrons. The van der Waals surface area contributed by atoms with Crippen LogP contribution in [0.15, 0.2) is 5.10 Å². The lowest BCUT2D eigenvalue weighted by Gasteiger charge is -2.57. The summed E-state index contributed by atoms with van der Waals surface area (Å²) >= 11 is 0. The SMILES string of the molecule is CCCCCCCCCCC12CC3CC(CC(C3)/C1=N\NC(=N)N)C2. The van der Waals surface area contributed by atoms with Gasteiger partial charge in [-0.1, -0.05) is 58.3 Å². The first-order valence-corrected chi connectivity index (χ1v) is 10.8. The van der Waals surface area contributed by atoms with Gasteiger partial charge in [-0.3, -0.25) is 5.41 Å². The van der Waals surface area contributed by atoms with Crippen LogP contribution in [-0.4, -0.2) is 11.7 Å². The molecule has 4 aliphatic carbocycles. The summed E-state index contributed by atoms with van der Waals surface area (Å²) in [6.07, 6.45) is 19.2. The number of hydrazone groups is 1. The Kier molecular flexibility index (Phi) is 6.40. The monoisotopic (exact) mass is 346 g/mol. The van der Waals surface area contributed by atoms with E-state index < -0.39 is 0 Å². The van der Waals surface area contributed by atoms with Gasteiger partial charge in [-0.15, -0.1) is 0 Å². The van der Waals surface area contributed by atoms with E-state index in [0.29, 0.717) is 11.3 Å². The standard InChI is InChI=1S/C21H38N4/c1-2-3-4-5-6-7-8-9-10-21-14-16-11-17(15-21)13-18(12-16)19(21)24-25-20(22)23/h16-18H,2-15H2,1H3,(H4,22,23,25)/b24-19+. The van der Waals surface area contributed by atoms with Gasteiger partial charge >= 0.3 is 0 Å². The molecule has 2 unspecified atom stereocenters. The number of guanidine groups is 1. The Bertz CT molecular complexity index is 470. The molecule has 0 aromatic rings. The predicted molar refractivity (Wildman–Crippen MR) is 106 cm³/mol. The molecule has 4 N–H and O–H groups in total. The molecule has 25 heavy (non-hydrogen) atoms. The highest BCUT2D eigenvalue weighted by Gasteiger charge is 2.54. The smallest absolute Gasteiger partial charge is 0.206 e. The van der Waals surface area contributed by atoms with Crippen LogP contribution in [0.25, 0.3) is 0 Å². The summed E-state index contributed by atoms with van der Waals surface area (Å²) in [5, 5.41) is 12.1. The van der Waals surface area contributed by atoms with Crippen LogP contribution in [0.4, 0.5) is 0 Å². The van der Waals surface area contributed by atoms with Crippen LogP contribution in [0.2, 0.25) is 0 Å².